The zero-order valence-corrected chi connectivity index (χ0v) is 17.0. The van der Waals surface area contributed by atoms with E-state index in [9.17, 15) is 9.59 Å². The van der Waals surface area contributed by atoms with Crippen LogP contribution in [-0.4, -0.2) is 35.2 Å². The van der Waals surface area contributed by atoms with Gasteiger partial charge < -0.3 is 0 Å². The maximum Gasteiger partial charge on any atom is -0.0465 e. The minimum absolute atomic E-state index is 0.0390. The quantitative estimate of drug-likeness (QED) is 0.527. The van der Waals surface area contributed by atoms with Crippen LogP contribution >= 0.6 is 0 Å². The smallest absolute Gasteiger partial charge is 0.0465 e. The van der Waals surface area contributed by atoms with E-state index in [0.29, 0.717) is 18.5 Å². The van der Waals surface area contributed by atoms with Crippen molar-refractivity contribution < 1.29 is 9.59 Å². The van der Waals surface area contributed by atoms with Crippen molar-refractivity contribution >= 4 is 38.7 Å². The number of benzene rings is 2. The van der Waals surface area contributed by atoms with Crippen LogP contribution < -0.4 is 15.0 Å². The number of para-hydroxylation sites is 1. The van der Waals surface area contributed by atoms with E-state index in [4.69, 9.17) is 0 Å². The monoisotopic (exact) mass is 400 g/mol. The second kappa shape index (κ2) is 10.0. The Bertz CT molecular complexity index is 731. The molecular weight excluding hydrogens is 375 g/mol. The molecule has 0 aromatic heterocycles. The molecule has 2 aromatic carbocycles. The number of aryl methyl sites for hydroxylation is 1. The van der Waals surface area contributed by atoms with Crippen LogP contribution in [0.5, 0.6) is 0 Å². The van der Waals surface area contributed by atoms with E-state index < -0.39 is 0 Å². The van der Waals surface area contributed by atoms with Gasteiger partial charge >= 0.3 is 121 Å². The summed E-state index contributed by atoms with van der Waals surface area (Å²) in [5.74, 6) is 0.0109. The van der Waals surface area contributed by atoms with E-state index in [-0.39, 0.29) is 11.8 Å². The first-order chi connectivity index (χ1) is 12.1. The molecule has 2 N–H and O–H groups in total. The van der Waals surface area contributed by atoms with Gasteiger partial charge in [-0.3, -0.25) is 0 Å². The number of carbonyl (C=O) groups is 2. The number of nitrogens with one attached hydrogen (secondary N) is 2. The fourth-order valence-electron chi connectivity index (χ4n) is 2.50. The normalized spacial score (nSPS) is 10.3. The first-order valence-electron chi connectivity index (χ1n) is 8.55. The van der Waals surface area contributed by atoms with Crippen LogP contribution in [0.15, 0.2) is 48.5 Å². The molecule has 1 atom stereocenters. The number of amides is 2. The fourth-order valence-corrected chi connectivity index (χ4v) is 3.09. The first-order valence-corrected chi connectivity index (χ1v) is 9.76. The number of unbranched alkanes of at least 4 members (excludes halogenated alkanes) is 2. The summed E-state index contributed by atoms with van der Waals surface area (Å²) in [6.45, 7) is 2.61. The van der Waals surface area contributed by atoms with Gasteiger partial charge in [-0.1, -0.05) is 17.7 Å². The molecule has 2 rings (SSSR count). The standard InChI is InChI=1S/C20H25AsN2O2/c1-15-8-7-9-16(14-15)20(25)22-13-6-2-3-12-19(24)23-18-11-5-4-10-17(18)21/h4-5,7-11,14H,2-3,6,12-13,21H2,1H3,(H,22,25)(H,23,24). The second-order valence-electron chi connectivity index (χ2n) is 6.07. The Hall–Kier alpha value is -2.06. The van der Waals surface area contributed by atoms with Gasteiger partial charge in [-0.05, 0) is 19.1 Å². The summed E-state index contributed by atoms with van der Waals surface area (Å²) in [5.41, 5.74) is 2.67. The average molecular weight is 400 g/mol. The van der Waals surface area contributed by atoms with E-state index >= 15 is 0 Å². The molecule has 1 unspecified atom stereocenters. The van der Waals surface area contributed by atoms with Gasteiger partial charge in [-0.15, -0.1) is 0 Å². The van der Waals surface area contributed by atoms with Crippen molar-refractivity contribution in [2.24, 2.45) is 0 Å². The topological polar surface area (TPSA) is 58.2 Å². The predicted molar refractivity (Wildman–Crippen MR) is 105 cm³/mol. The second-order valence-corrected chi connectivity index (χ2v) is 7.38. The van der Waals surface area contributed by atoms with Gasteiger partial charge in [-0.25, -0.2) is 0 Å². The summed E-state index contributed by atoms with van der Waals surface area (Å²) in [7, 11) is 0. The van der Waals surface area contributed by atoms with Gasteiger partial charge in [0.25, 0.3) is 0 Å². The van der Waals surface area contributed by atoms with E-state index in [1.807, 2.05) is 55.5 Å². The molecule has 2 aromatic rings. The first kappa shape index (κ1) is 19.3. The van der Waals surface area contributed by atoms with Crippen LogP contribution in [0.3, 0.4) is 0 Å². The SMILES string of the molecule is Cc1cccc(C(=O)NCCCCCC(=O)Nc2ccccc2[AsH2])c1. The molecule has 0 fully saturated rings. The minimum Gasteiger partial charge on any atom is -0.0465 e. The Morgan fingerprint density at radius 3 is 2.56 bits per heavy atom. The molecule has 25 heavy (non-hydrogen) atoms. The van der Waals surface area contributed by atoms with Gasteiger partial charge in [0.05, 0.1) is 0 Å². The number of carbonyl (C=O) groups excluding carboxylic acids is 2. The number of anilines is 1. The third-order valence-electron chi connectivity index (χ3n) is 3.88. The van der Waals surface area contributed by atoms with Crippen molar-refractivity contribution in [2.75, 3.05) is 11.9 Å². The zero-order chi connectivity index (χ0) is 18.1. The van der Waals surface area contributed by atoms with Gasteiger partial charge in [0, 0.05) is 0 Å². The molecule has 0 spiro atoms. The Kier molecular flexibility index (Phi) is 7.74. The number of hydrogen-bond donors (Lipinski definition) is 2. The van der Waals surface area contributed by atoms with E-state index in [1.165, 1.54) is 16.9 Å². The average Bonchev–Trinajstić information content (AvgIpc) is 2.60. The van der Waals surface area contributed by atoms with Crippen molar-refractivity contribution in [1.29, 1.82) is 0 Å². The van der Waals surface area contributed by atoms with Crippen molar-refractivity contribution in [3.8, 4) is 0 Å². The summed E-state index contributed by atoms with van der Waals surface area (Å²) >= 11 is 1.50. The third-order valence-corrected chi connectivity index (χ3v) is 4.94. The molecular formula is C20H25AsN2O2. The van der Waals surface area contributed by atoms with E-state index in [1.54, 1.807) is 0 Å². The van der Waals surface area contributed by atoms with E-state index in [2.05, 4.69) is 10.6 Å². The van der Waals surface area contributed by atoms with Crippen LogP contribution in [0.4, 0.5) is 5.69 Å². The molecule has 0 bridgehead atoms. The number of rotatable bonds is 8. The third kappa shape index (κ3) is 6.75. The van der Waals surface area contributed by atoms with Gasteiger partial charge in [0.1, 0.15) is 0 Å². The molecule has 0 heterocycles. The Morgan fingerprint density at radius 2 is 1.80 bits per heavy atom. The molecule has 0 radical (unpaired) electrons. The Morgan fingerprint density at radius 1 is 1.00 bits per heavy atom. The maximum absolute atomic E-state index is 12.0. The largest absolute Gasteiger partial charge is 0.0465 e. The van der Waals surface area contributed by atoms with Gasteiger partial charge in [0.15, 0.2) is 0 Å². The van der Waals surface area contributed by atoms with Crippen molar-refractivity contribution in [3.63, 3.8) is 0 Å². The van der Waals surface area contributed by atoms with Crippen LogP contribution in [0.25, 0.3) is 0 Å². The van der Waals surface area contributed by atoms with Crippen molar-refractivity contribution in [1.82, 2.24) is 5.32 Å². The molecule has 2 amide bonds. The predicted octanol–water partition coefficient (Wildman–Crippen LogP) is 2.18. The number of hydrogen-bond acceptors (Lipinski definition) is 2. The van der Waals surface area contributed by atoms with E-state index in [0.717, 1.165) is 34.9 Å². The summed E-state index contributed by atoms with van der Waals surface area (Å²) in [6, 6.07) is 15.4. The van der Waals surface area contributed by atoms with Gasteiger partial charge in [0.2, 0.25) is 0 Å². The molecule has 5 heteroatoms. The Balaban J connectivity index is 1.59. The maximum atomic E-state index is 12.0. The van der Waals surface area contributed by atoms with Gasteiger partial charge in [-0.2, -0.15) is 0 Å². The van der Waals surface area contributed by atoms with Crippen LogP contribution in [0.2, 0.25) is 0 Å². The minimum atomic E-state index is -0.0390. The molecule has 0 aliphatic heterocycles. The fraction of sp³-hybridized carbons (Fsp3) is 0.300. The molecule has 0 saturated carbocycles. The molecule has 132 valence electrons. The molecule has 0 saturated heterocycles. The summed E-state index contributed by atoms with van der Waals surface area (Å²) in [4.78, 5) is 23.9. The summed E-state index contributed by atoms with van der Waals surface area (Å²) in [5, 5.41) is 5.88. The molecule has 0 aliphatic rings. The van der Waals surface area contributed by atoms with Crippen LogP contribution in [0, 0.1) is 6.92 Å². The molecule has 0 aliphatic carbocycles. The molecule has 4 nitrogen and oxygen atoms in total. The van der Waals surface area contributed by atoms with Crippen molar-refractivity contribution in [3.05, 3.63) is 59.7 Å². The zero-order valence-electron chi connectivity index (χ0n) is 14.5. The van der Waals surface area contributed by atoms with Crippen molar-refractivity contribution in [2.45, 2.75) is 32.6 Å². The summed E-state index contributed by atoms with van der Waals surface area (Å²) < 4.78 is 1.13. The van der Waals surface area contributed by atoms with Crippen LogP contribution in [0.1, 0.15) is 41.6 Å². The Labute approximate surface area is 157 Å². The summed E-state index contributed by atoms with van der Waals surface area (Å²) in [6.07, 6.45) is 3.12. The van der Waals surface area contributed by atoms with Crippen LogP contribution in [-0.2, 0) is 4.79 Å².